The molecule has 0 aliphatic carbocycles. The molecule has 10 heteroatoms. The van der Waals surface area contributed by atoms with Gasteiger partial charge in [0, 0.05) is 18.7 Å². The van der Waals surface area contributed by atoms with Crippen LogP contribution in [0.15, 0.2) is 22.5 Å². The van der Waals surface area contributed by atoms with Gasteiger partial charge in [-0.05, 0) is 43.4 Å². The summed E-state index contributed by atoms with van der Waals surface area (Å²) >= 11 is 2.97. The van der Waals surface area contributed by atoms with Gasteiger partial charge in [0.25, 0.3) is 0 Å². The van der Waals surface area contributed by atoms with Gasteiger partial charge in [-0.1, -0.05) is 49.1 Å². The molecule has 1 heterocycles. The molecule has 29 heavy (non-hydrogen) atoms. The number of aryl methyl sites for hydroxylation is 2. The number of thioether (sulfide) groups is 1. The van der Waals surface area contributed by atoms with Crippen molar-refractivity contribution in [3.63, 3.8) is 0 Å². The second kappa shape index (κ2) is 10.4. The van der Waals surface area contributed by atoms with Crippen molar-refractivity contribution < 1.29 is 13.2 Å². The van der Waals surface area contributed by atoms with E-state index in [4.69, 9.17) is 0 Å². The second-order valence-corrected chi connectivity index (χ2v) is 11.5. The maximum atomic E-state index is 12.3. The number of carbonyl (C=O) groups is 1. The van der Waals surface area contributed by atoms with E-state index in [1.54, 1.807) is 11.8 Å². The van der Waals surface area contributed by atoms with Crippen LogP contribution in [0.2, 0.25) is 0 Å². The molecule has 0 fully saturated rings. The van der Waals surface area contributed by atoms with E-state index in [2.05, 4.69) is 29.4 Å². The minimum absolute atomic E-state index is 0.198. The van der Waals surface area contributed by atoms with Crippen molar-refractivity contribution >= 4 is 49.8 Å². The van der Waals surface area contributed by atoms with Gasteiger partial charge in [-0.2, -0.15) is 0 Å². The Balaban J connectivity index is 1.92. The summed E-state index contributed by atoms with van der Waals surface area (Å²) in [5, 5.41) is 11.3. The second-order valence-electron chi connectivity index (χ2n) is 7.35. The molecule has 0 aliphatic rings. The Morgan fingerprint density at radius 3 is 2.66 bits per heavy atom. The van der Waals surface area contributed by atoms with E-state index in [0.29, 0.717) is 23.2 Å². The van der Waals surface area contributed by atoms with Gasteiger partial charge in [0.1, 0.15) is 0 Å². The molecule has 1 aromatic carbocycles. The van der Waals surface area contributed by atoms with Crippen LogP contribution in [0.3, 0.4) is 0 Å². The molecule has 0 unspecified atom stereocenters. The van der Waals surface area contributed by atoms with E-state index < -0.39 is 10.0 Å². The lowest BCUT2D eigenvalue weighted by Crippen LogP contribution is -2.32. The van der Waals surface area contributed by atoms with Crippen molar-refractivity contribution in [3.8, 4) is 0 Å². The average molecular weight is 457 g/mol. The maximum absolute atomic E-state index is 12.3. The Labute approximate surface area is 181 Å². The summed E-state index contributed by atoms with van der Waals surface area (Å²) in [4.78, 5) is 12.2. The third kappa shape index (κ3) is 7.60. The molecule has 2 aromatic rings. The first kappa shape index (κ1) is 23.6. The Bertz CT molecular complexity index is 942. The Kier molecular flexibility index (Phi) is 8.47. The highest BCUT2D eigenvalue weighted by molar-refractivity contribution is 8.01. The molecule has 0 saturated carbocycles. The fraction of sp³-hybridized carbons (Fsp3) is 0.526. The number of anilines is 2. The normalized spacial score (nSPS) is 11.7. The highest BCUT2D eigenvalue weighted by Gasteiger charge is 2.20. The number of nitrogens with zero attached hydrogens (tertiary/aromatic N) is 3. The fourth-order valence-corrected chi connectivity index (χ4v) is 5.33. The summed E-state index contributed by atoms with van der Waals surface area (Å²) in [7, 11) is -3.45. The number of amides is 1. The number of hydrogen-bond acceptors (Lipinski definition) is 7. The summed E-state index contributed by atoms with van der Waals surface area (Å²) in [6.07, 6.45) is 1.79. The van der Waals surface area contributed by atoms with E-state index >= 15 is 0 Å². The number of hydrogen-bond donors (Lipinski definition) is 1. The first-order valence-electron chi connectivity index (χ1n) is 9.37. The number of rotatable bonds is 10. The molecule has 2 rings (SSSR count). The van der Waals surface area contributed by atoms with E-state index in [1.165, 1.54) is 21.9 Å². The minimum atomic E-state index is -3.45. The van der Waals surface area contributed by atoms with Crippen LogP contribution in [0.5, 0.6) is 0 Å². The summed E-state index contributed by atoms with van der Waals surface area (Å²) < 4.78 is 26.8. The van der Waals surface area contributed by atoms with Crippen LogP contribution >= 0.6 is 23.1 Å². The minimum Gasteiger partial charge on any atom is -0.301 e. The summed E-state index contributed by atoms with van der Waals surface area (Å²) in [5.74, 6) is 1.30. The Hall–Kier alpha value is -1.65. The van der Waals surface area contributed by atoms with Crippen LogP contribution in [-0.2, 0) is 14.8 Å². The molecular formula is C19H28N4O3S3. The Morgan fingerprint density at radius 1 is 1.28 bits per heavy atom. The van der Waals surface area contributed by atoms with Gasteiger partial charge in [0.2, 0.25) is 21.1 Å². The van der Waals surface area contributed by atoms with Gasteiger partial charge < -0.3 is 5.32 Å². The van der Waals surface area contributed by atoms with E-state index in [9.17, 15) is 13.2 Å². The van der Waals surface area contributed by atoms with Crippen molar-refractivity contribution in [3.05, 3.63) is 29.3 Å². The molecule has 0 spiro atoms. The molecule has 160 valence electrons. The number of nitrogens with one attached hydrogen (secondary N) is 1. The standard InChI is InChI=1S/C19H28N4O3S3/c1-13(2)12-27-19-22-21-18(28-19)20-17(24)7-6-10-23(29(5,25)26)16-11-14(3)8-9-15(16)4/h8-9,11,13H,6-7,10,12H2,1-5H3,(H,20,21,24). The molecule has 0 saturated heterocycles. The molecule has 0 radical (unpaired) electrons. The molecule has 0 atom stereocenters. The third-order valence-electron chi connectivity index (χ3n) is 3.99. The van der Waals surface area contributed by atoms with Crippen molar-refractivity contribution in [2.75, 3.05) is 28.2 Å². The van der Waals surface area contributed by atoms with Gasteiger partial charge in [0.05, 0.1) is 11.9 Å². The number of carbonyl (C=O) groups excluding carboxylic acids is 1. The fourth-order valence-electron chi connectivity index (χ4n) is 2.57. The first-order valence-corrected chi connectivity index (χ1v) is 13.0. The number of benzene rings is 1. The van der Waals surface area contributed by atoms with Gasteiger partial charge in [-0.3, -0.25) is 9.10 Å². The molecule has 1 amide bonds. The van der Waals surface area contributed by atoms with Crippen molar-refractivity contribution in [1.82, 2.24) is 10.2 Å². The van der Waals surface area contributed by atoms with Crippen LogP contribution in [0, 0.1) is 19.8 Å². The van der Waals surface area contributed by atoms with Crippen LogP contribution in [0.4, 0.5) is 10.8 Å². The maximum Gasteiger partial charge on any atom is 0.232 e. The van der Waals surface area contributed by atoms with Gasteiger partial charge >= 0.3 is 0 Å². The van der Waals surface area contributed by atoms with Crippen molar-refractivity contribution in [2.45, 2.75) is 44.9 Å². The predicted octanol–water partition coefficient (Wildman–Crippen LogP) is 4.09. The van der Waals surface area contributed by atoms with Crippen LogP contribution in [0.1, 0.15) is 37.8 Å². The van der Waals surface area contributed by atoms with Crippen LogP contribution in [0.25, 0.3) is 0 Å². The number of sulfonamides is 1. The van der Waals surface area contributed by atoms with Gasteiger partial charge in [-0.25, -0.2) is 8.42 Å². The van der Waals surface area contributed by atoms with Gasteiger partial charge in [-0.15, -0.1) is 10.2 Å². The molecule has 0 aliphatic heterocycles. The molecule has 0 bridgehead atoms. The van der Waals surface area contributed by atoms with E-state index in [0.717, 1.165) is 21.2 Å². The summed E-state index contributed by atoms with van der Waals surface area (Å²) in [6, 6.07) is 5.70. The van der Waals surface area contributed by atoms with Crippen molar-refractivity contribution in [1.29, 1.82) is 0 Å². The average Bonchev–Trinajstić information content (AvgIpc) is 3.05. The monoisotopic (exact) mass is 456 g/mol. The van der Waals surface area contributed by atoms with E-state index in [-0.39, 0.29) is 18.9 Å². The van der Waals surface area contributed by atoms with E-state index in [1.807, 2.05) is 32.0 Å². The lowest BCUT2D eigenvalue weighted by molar-refractivity contribution is -0.116. The summed E-state index contributed by atoms with van der Waals surface area (Å²) in [6.45, 7) is 8.31. The lowest BCUT2D eigenvalue weighted by Gasteiger charge is -2.24. The molecule has 1 N–H and O–H groups in total. The zero-order chi connectivity index (χ0) is 21.6. The summed E-state index contributed by atoms with van der Waals surface area (Å²) in [5.41, 5.74) is 2.52. The SMILES string of the molecule is Cc1ccc(C)c(N(CCCC(=O)Nc2nnc(SCC(C)C)s2)S(C)(=O)=O)c1. The van der Waals surface area contributed by atoms with Crippen LogP contribution in [-0.4, -0.2) is 43.1 Å². The first-order chi connectivity index (χ1) is 13.6. The molecule has 1 aromatic heterocycles. The zero-order valence-corrected chi connectivity index (χ0v) is 19.9. The third-order valence-corrected chi connectivity index (χ3v) is 7.57. The molecular weight excluding hydrogens is 428 g/mol. The predicted molar refractivity (Wildman–Crippen MR) is 121 cm³/mol. The quantitative estimate of drug-likeness (QED) is 0.428. The molecule has 7 nitrogen and oxygen atoms in total. The largest absolute Gasteiger partial charge is 0.301 e. The van der Waals surface area contributed by atoms with Crippen molar-refractivity contribution in [2.24, 2.45) is 5.92 Å². The van der Waals surface area contributed by atoms with Crippen LogP contribution < -0.4 is 9.62 Å². The zero-order valence-electron chi connectivity index (χ0n) is 17.4. The highest BCUT2D eigenvalue weighted by Crippen LogP contribution is 2.27. The number of aromatic nitrogens is 2. The topological polar surface area (TPSA) is 92.3 Å². The lowest BCUT2D eigenvalue weighted by atomic mass is 10.1. The smallest absolute Gasteiger partial charge is 0.232 e. The van der Waals surface area contributed by atoms with Gasteiger partial charge in [0.15, 0.2) is 4.34 Å². The Morgan fingerprint density at radius 2 is 2.00 bits per heavy atom. The highest BCUT2D eigenvalue weighted by atomic mass is 32.2.